The second-order valence-electron chi connectivity index (χ2n) is 8.82. The molecular formula is C19H35N3O3. The van der Waals surface area contributed by atoms with Crippen molar-refractivity contribution in [3.05, 3.63) is 0 Å². The molecule has 0 radical (unpaired) electrons. The maximum Gasteiger partial charge on any atom is 0.249 e. The summed E-state index contributed by atoms with van der Waals surface area (Å²) in [6.45, 7) is 7.59. The van der Waals surface area contributed by atoms with Crippen molar-refractivity contribution in [3.8, 4) is 0 Å². The Morgan fingerprint density at radius 2 is 1.84 bits per heavy atom. The molecule has 1 atom stereocenters. The summed E-state index contributed by atoms with van der Waals surface area (Å²) in [4.78, 5) is 19.4. The minimum absolute atomic E-state index is 0.00803. The lowest BCUT2D eigenvalue weighted by Gasteiger charge is -2.44. The second kappa shape index (κ2) is 7.51. The minimum atomic E-state index is -0.439. The first kappa shape index (κ1) is 19.1. The van der Waals surface area contributed by atoms with E-state index in [1.54, 1.807) is 7.11 Å². The molecule has 6 heteroatoms. The highest BCUT2D eigenvalue weighted by atomic mass is 16.5. The van der Waals surface area contributed by atoms with Gasteiger partial charge < -0.3 is 24.5 Å². The summed E-state index contributed by atoms with van der Waals surface area (Å²) in [6.07, 6.45) is 5.72. The number of amides is 1. The molecule has 0 aliphatic carbocycles. The maximum atomic E-state index is 12.5. The van der Waals surface area contributed by atoms with Crippen LogP contribution >= 0.6 is 0 Å². The Hall–Kier alpha value is -0.690. The molecule has 144 valence electrons. The molecule has 0 aromatic heterocycles. The quantitative estimate of drug-likeness (QED) is 0.810. The SMILES string of the molecule is COCC(=O)N1CC2(CCN(C3CCN(C)CC3)CC2)C[C@]1(C)CO. The third kappa shape index (κ3) is 3.87. The van der Waals surface area contributed by atoms with Crippen LogP contribution in [0, 0.1) is 5.41 Å². The van der Waals surface area contributed by atoms with Crippen LogP contribution in [0.15, 0.2) is 0 Å². The van der Waals surface area contributed by atoms with E-state index in [4.69, 9.17) is 4.74 Å². The van der Waals surface area contributed by atoms with Crippen molar-refractivity contribution in [1.82, 2.24) is 14.7 Å². The lowest BCUT2D eigenvalue weighted by atomic mass is 9.74. The fourth-order valence-corrected chi connectivity index (χ4v) is 5.28. The number of nitrogens with zero attached hydrogens (tertiary/aromatic N) is 3. The first-order chi connectivity index (χ1) is 11.9. The largest absolute Gasteiger partial charge is 0.394 e. The molecule has 3 fully saturated rings. The Bertz CT molecular complexity index is 471. The normalized spacial score (nSPS) is 31.8. The van der Waals surface area contributed by atoms with Crippen LogP contribution in [0.5, 0.6) is 0 Å². The van der Waals surface area contributed by atoms with E-state index in [0.717, 1.165) is 44.9 Å². The Morgan fingerprint density at radius 1 is 1.20 bits per heavy atom. The van der Waals surface area contributed by atoms with Crippen LogP contribution in [0.1, 0.15) is 39.0 Å². The van der Waals surface area contributed by atoms with E-state index < -0.39 is 5.54 Å². The molecule has 1 spiro atoms. The van der Waals surface area contributed by atoms with Crippen LogP contribution < -0.4 is 0 Å². The lowest BCUT2D eigenvalue weighted by Crippen LogP contribution is -2.50. The fraction of sp³-hybridized carbons (Fsp3) is 0.947. The second-order valence-corrected chi connectivity index (χ2v) is 8.82. The summed E-state index contributed by atoms with van der Waals surface area (Å²) in [5.41, 5.74) is -0.270. The Morgan fingerprint density at radius 3 is 2.40 bits per heavy atom. The van der Waals surface area contributed by atoms with Crippen molar-refractivity contribution in [2.24, 2.45) is 5.41 Å². The predicted octanol–water partition coefficient (Wildman–Crippen LogP) is 0.793. The van der Waals surface area contributed by atoms with Gasteiger partial charge in [0.05, 0.1) is 12.1 Å². The monoisotopic (exact) mass is 353 g/mol. The molecule has 0 saturated carbocycles. The number of piperidine rings is 2. The highest BCUT2D eigenvalue weighted by Crippen LogP contribution is 2.48. The zero-order valence-electron chi connectivity index (χ0n) is 16.2. The van der Waals surface area contributed by atoms with Gasteiger partial charge in [-0.3, -0.25) is 4.79 Å². The van der Waals surface area contributed by atoms with E-state index in [2.05, 4.69) is 16.8 Å². The first-order valence-corrected chi connectivity index (χ1v) is 9.74. The Labute approximate surface area is 152 Å². The molecule has 0 unspecified atom stereocenters. The van der Waals surface area contributed by atoms with Crippen LogP contribution in [0.3, 0.4) is 0 Å². The van der Waals surface area contributed by atoms with Gasteiger partial charge in [0.1, 0.15) is 6.61 Å². The molecule has 3 aliphatic rings. The van der Waals surface area contributed by atoms with Gasteiger partial charge in [-0.1, -0.05) is 0 Å². The third-order valence-corrected chi connectivity index (χ3v) is 6.87. The van der Waals surface area contributed by atoms with Gasteiger partial charge in [0.2, 0.25) is 5.91 Å². The van der Waals surface area contributed by atoms with E-state index in [1.807, 2.05) is 11.8 Å². The number of likely N-dealkylation sites (tertiary alicyclic amines) is 3. The zero-order valence-corrected chi connectivity index (χ0v) is 16.2. The number of aliphatic hydroxyl groups excluding tert-OH is 1. The number of ether oxygens (including phenoxy) is 1. The van der Waals surface area contributed by atoms with Crippen LogP contribution in [0.2, 0.25) is 0 Å². The average Bonchev–Trinajstić information content (AvgIpc) is 2.90. The number of methoxy groups -OCH3 is 1. The van der Waals surface area contributed by atoms with Crippen LogP contribution in [-0.2, 0) is 9.53 Å². The van der Waals surface area contributed by atoms with Crippen molar-refractivity contribution < 1.29 is 14.6 Å². The van der Waals surface area contributed by atoms with Gasteiger partial charge in [-0.05, 0) is 77.7 Å². The van der Waals surface area contributed by atoms with Crippen molar-refractivity contribution in [2.45, 2.75) is 50.6 Å². The van der Waals surface area contributed by atoms with E-state index in [9.17, 15) is 9.90 Å². The molecule has 0 aromatic carbocycles. The molecule has 3 heterocycles. The molecule has 1 N–H and O–H groups in total. The van der Waals surface area contributed by atoms with Crippen LogP contribution in [0.4, 0.5) is 0 Å². The zero-order chi connectivity index (χ0) is 18.1. The summed E-state index contributed by atoms with van der Waals surface area (Å²) >= 11 is 0. The van der Waals surface area contributed by atoms with Gasteiger partial charge in [0, 0.05) is 19.7 Å². The molecule has 3 aliphatic heterocycles. The van der Waals surface area contributed by atoms with Crippen molar-refractivity contribution in [3.63, 3.8) is 0 Å². The number of aliphatic hydroxyl groups is 1. The average molecular weight is 354 g/mol. The smallest absolute Gasteiger partial charge is 0.249 e. The Kier molecular flexibility index (Phi) is 5.73. The van der Waals surface area contributed by atoms with E-state index in [0.29, 0.717) is 0 Å². The molecule has 1 amide bonds. The topological polar surface area (TPSA) is 56.2 Å². The van der Waals surface area contributed by atoms with Gasteiger partial charge in [-0.15, -0.1) is 0 Å². The number of hydrogen-bond donors (Lipinski definition) is 1. The summed E-state index contributed by atoms with van der Waals surface area (Å²) in [7, 11) is 3.77. The van der Waals surface area contributed by atoms with Gasteiger partial charge in [-0.2, -0.15) is 0 Å². The summed E-state index contributed by atoms with van der Waals surface area (Å²) in [5.74, 6) is 0.00803. The van der Waals surface area contributed by atoms with Gasteiger partial charge in [0.15, 0.2) is 0 Å². The fourth-order valence-electron chi connectivity index (χ4n) is 5.28. The molecule has 0 bridgehead atoms. The van der Waals surface area contributed by atoms with Crippen LogP contribution in [-0.4, -0.2) is 97.4 Å². The molecule has 25 heavy (non-hydrogen) atoms. The molecule has 3 saturated heterocycles. The summed E-state index contributed by atoms with van der Waals surface area (Å²) in [6, 6.07) is 0.727. The predicted molar refractivity (Wildman–Crippen MR) is 97.5 cm³/mol. The maximum absolute atomic E-state index is 12.5. The van der Waals surface area contributed by atoms with Gasteiger partial charge in [0.25, 0.3) is 0 Å². The minimum Gasteiger partial charge on any atom is -0.394 e. The number of carbonyl (C=O) groups is 1. The Balaban J connectivity index is 1.61. The van der Waals surface area contributed by atoms with Crippen molar-refractivity contribution >= 4 is 5.91 Å². The summed E-state index contributed by atoms with van der Waals surface area (Å²) in [5, 5.41) is 9.96. The summed E-state index contributed by atoms with van der Waals surface area (Å²) < 4.78 is 5.05. The third-order valence-electron chi connectivity index (χ3n) is 6.87. The number of carbonyl (C=O) groups excluding carboxylic acids is 1. The van der Waals surface area contributed by atoms with E-state index in [1.165, 1.54) is 25.9 Å². The van der Waals surface area contributed by atoms with Gasteiger partial charge >= 0.3 is 0 Å². The molecule has 3 rings (SSSR count). The number of rotatable bonds is 4. The van der Waals surface area contributed by atoms with Crippen LogP contribution in [0.25, 0.3) is 0 Å². The van der Waals surface area contributed by atoms with Crippen molar-refractivity contribution in [1.29, 1.82) is 0 Å². The van der Waals surface area contributed by atoms with Crippen molar-refractivity contribution in [2.75, 3.05) is 60.1 Å². The first-order valence-electron chi connectivity index (χ1n) is 9.74. The highest BCUT2D eigenvalue weighted by Gasteiger charge is 2.53. The molecule has 0 aromatic rings. The number of hydrogen-bond acceptors (Lipinski definition) is 5. The highest BCUT2D eigenvalue weighted by molar-refractivity contribution is 5.78. The van der Waals surface area contributed by atoms with Gasteiger partial charge in [-0.25, -0.2) is 0 Å². The molecular weight excluding hydrogens is 318 g/mol. The van der Waals surface area contributed by atoms with E-state index >= 15 is 0 Å². The van der Waals surface area contributed by atoms with E-state index in [-0.39, 0.29) is 24.5 Å². The molecule has 6 nitrogen and oxygen atoms in total. The lowest BCUT2D eigenvalue weighted by molar-refractivity contribution is -0.140. The standard InChI is InChI=1S/C19H35N3O3/c1-18(15-23)13-19(14-22(18)17(24)12-25-3)6-10-21(11-7-19)16-4-8-20(2)9-5-16/h16,23H,4-15H2,1-3H3/t18-/m1/s1.